The van der Waals surface area contributed by atoms with Crippen molar-refractivity contribution in [3.05, 3.63) is 52.2 Å². The molecule has 0 saturated carbocycles. The molecule has 5 heteroatoms. The normalized spacial score (nSPS) is 14.5. The first-order chi connectivity index (χ1) is 10.8. The van der Waals surface area contributed by atoms with Gasteiger partial charge in [0.2, 0.25) is 0 Å². The number of Topliss-reactive ketones (excluding diaryl/α,β-unsaturated/α-hetero) is 1. The highest BCUT2D eigenvalue weighted by Gasteiger charge is 2.21. The Labute approximate surface area is 139 Å². The molecule has 1 aromatic carbocycles. The third-order valence-electron chi connectivity index (χ3n) is 3.52. The van der Waals surface area contributed by atoms with Crippen molar-refractivity contribution >= 4 is 39.7 Å². The maximum Gasteiger partial charge on any atom is 0.192 e. The van der Waals surface area contributed by atoms with Crippen LogP contribution < -0.4 is 4.90 Å². The molecule has 1 aliphatic rings. The highest BCUT2D eigenvalue weighted by Crippen LogP contribution is 2.26. The summed E-state index contributed by atoms with van der Waals surface area (Å²) in [6.07, 6.45) is 1.11. The van der Waals surface area contributed by atoms with Gasteiger partial charge in [0.1, 0.15) is 0 Å². The summed E-state index contributed by atoms with van der Waals surface area (Å²) >= 11 is 3.24. The first kappa shape index (κ1) is 15.3. The predicted octanol–water partition coefficient (Wildman–Crippen LogP) is 4.24. The first-order valence-electron chi connectivity index (χ1n) is 7.33. The molecule has 2 heterocycles. The summed E-state index contributed by atoms with van der Waals surface area (Å²) in [6.45, 7) is 3.26. The Morgan fingerprint density at radius 2 is 2.14 bits per heavy atom. The number of nitrogens with zero attached hydrogens (tertiary/aromatic N) is 2. The van der Waals surface area contributed by atoms with Crippen molar-refractivity contribution in [3.63, 3.8) is 0 Å². The second-order valence-corrected chi connectivity index (χ2v) is 7.15. The van der Waals surface area contributed by atoms with Gasteiger partial charge in [-0.05, 0) is 36.4 Å². The SMILES string of the molecule is Cc1ccccc1N(CC(=O)c1cccs1)C1=NCCCS1. The van der Waals surface area contributed by atoms with Gasteiger partial charge in [-0.25, -0.2) is 0 Å². The van der Waals surface area contributed by atoms with Gasteiger partial charge in [0.15, 0.2) is 11.0 Å². The minimum Gasteiger partial charge on any atom is -0.313 e. The lowest BCUT2D eigenvalue weighted by Gasteiger charge is -2.28. The van der Waals surface area contributed by atoms with E-state index in [1.165, 1.54) is 11.3 Å². The fraction of sp³-hybridized carbons (Fsp3) is 0.294. The zero-order chi connectivity index (χ0) is 15.4. The number of benzene rings is 1. The lowest BCUT2D eigenvalue weighted by Crippen LogP contribution is -2.35. The number of hydrogen-bond acceptors (Lipinski definition) is 5. The van der Waals surface area contributed by atoms with Gasteiger partial charge < -0.3 is 4.90 Å². The van der Waals surface area contributed by atoms with E-state index in [1.807, 2.05) is 29.6 Å². The summed E-state index contributed by atoms with van der Waals surface area (Å²) in [5.41, 5.74) is 2.23. The maximum atomic E-state index is 12.5. The molecule has 0 radical (unpaired) electrons. The highest BCUT2D eigenvalue weighted by atomic mass is 32.2. The number of hydrogen-bond donors (Lipinski definition) is 0. The Morgan fingerprint density at radius 1 is 1.27 bits per heavy atom. The Kier molecular flexibility index (Phi) is 4.95. The van der Waals surface area contributed by atoms with Gasteiger partial charge in [0.05, 0.1) is 11.4 Å². The Balaban J connectivity index is 1.91. The monoisotopic (exact) mass is 330 g/mol. The molecule has 0 bridgehead atoms. The van der Waals surface area contributed by atoms with Crippen molar-refractivity contribution in [2.24, 2.45) is 4.99 Å². The molecule has 114 valence electrons. The van der Waals surface area contributed by atoms with Crippen molar-refractivity contribution < 1.29 is 4.79 Å². The molecule has 0 atom stereocenters. The summed E-state index contributed by atoms with van der Waals surface area (Å²) in [6, 6.07) is 12.0. The largest absolute Gasteiger partial charge is 0.313 e. The number of aliphatic imine (C=N–C) groups is 1. The van der Waals surface area contributed by atoms with Crippen LogP contribution in [0.4, 0.5) is 5.69 Å². The third-order valence-corrected chi connectivity index (χ3v) is 5.53. The summed E-state index contributed by atoms with van der Waals surface area (Å²) in [4.78, 5) is 20.1. The van der Waals surface area contributed by atoms with E-state index in [0.29, 0.717) is 6.54 Å². The van der Waals surface area contributed by atoms with Gasteiger partial charge in [-0.3, -0.25) is 9.79 Å². The zero-order valence-electron chi connectivity index (χ0n) is 12.5. The average molecular weight is 330 g/mol. The molecule has 0 N–H and O–H groups in total. The summed E-state index contributed by atoms with van der Waals surface area (Å²) < 4.78 is 0. The molecule has 3 nitrogen and oxygen atoms in total. The van der Waals surface area contributed by atoms with Crippen LogP contribution in [-0.4, -0.2) is 29.8 Å². The van der Waals surface area contributed by atoms with E-state index >= 15 is 0 Å². The number of ketones is 1. The van der Waals surface area contributed by atoms with E-state index in [9.17, 15) is 4.79 Å². The van der Waals surface area contributed by atoms with Crippen LogP contribution in [0.5, 0.6) is 0 Å². The first-order valence-corrected chi connectivity index (χ1v) is 9.19. The maximum absolute atomic E-state index is 12.5. The van der Waals surface area contributed by atoms with E-state index < -0.39 is 0 Å². The third kappa shape index (κ3) is 3.42. The molecular weight excluding hydrogens is 312 g/mol. The second kappa shape index (κ2) is 7.11. The van der Waals surface area contributed by atoms with Crippen LogP contribution in [0.1, 0.15) is 21.7 Å². The van der Waals surface area contributed by atoms with E-state index in [0.717, 1.165) is 40.0 Å². The number of thiophene rings is 1. The van der Waals surface area contributed by atoms with Gasteiger partial charge in [-0.1, -0.05) is 36.0 Å². The zero-order valence-corrected chi connectivity index (χ0v) is 14.1. The van der Waals surface area contributed by atoms with Gasteiger partial charge in [-0.2, -0.15) is 0 Å². The van der Waals surface area contributed by atoms with Crippen LogP contribution in [0.2, 0.25) is 0 Å². The van der Waals surface area contributed by atoms with E-state index in [2.05, 4.69) is 28.9 Å². The standard InChI is InChI=1S/C17H18N2OS2/c1-13-6-2-3-7-14(13)19(17-18-9-5-11-22-17)12-15(20)16-8-4-10-21-16/h2-4,6-8,10H,5,9,11-12H2,1H3. The van der Waals surface area contributed by atoms with Gasteiger partial charge in [0, 0.05) is 18.0 Å². The van der Waals surface area contributed by atoms with E-state index in [1.54, 1.807) is 11.8 Å². The number of carbonyl (C=O) groups is 1. The number of carbonyl (C=O) groups excluding carboxylic acids is 1. The van der Waals surface area contributed by atoms with Crippen LogP contribution in [0.3, 0.4) is 0 Å². The second-order valence-electron chi connectivity index (χ2n) is 5.14. The van der Waals surface area contributed by atoms with Crippen molar-refractivity contribution in [1.82, 2.24) is 0 Å². The molecule has 3 rings (SSSR count). The number of thioether (sulfide) groups is 1. The molecule has 0 amide bonds. The van der Waals surface area contributed by atoms with Crippen LogP contribution in [0.15, 0.2) is 46.8 Å². The molecule has 1 aromatic heterocycles. The number of aryl methyl sites for hydroxylation is 1. The van der Waals surface area contributed by atoms with Crippen LogP contribution >= 0.6 is 23.1 Å². The fourth-order valence-electron chi connectivity index (χ4n) is 2.39. The number of anilines is 1. The molecule has 0 spiro atoms. The molecular formula is C17H18N2OS2. The summed E-state index contributed by atoms with van der Waals surface area (Å²) in [5.74, 6) is 1.21. The van der Waals surface area contributed by atoms with Crippen molar-refractivity contribution in [2.75, 3.05) is 23.7 Å². The van der Waals surface area contributed by atoms with Crippen LogP contribution in [-0.2, 0) is 0 Å². The Morgan fingerprint density at radius 3 is 2.82 bits per heavy atom. The average Bonchev–Trinajstić information content (AvgIpc) is 3.09. The number of para-hydroxylation sites is 1. The van der Waals surface area contributed by atoms with Crippen LogP contribution in [0, 0.1) is 6.92 Å². The summed E-state index contributed by atoms with van der Waals surface area (Å²) in [7, 11) is 0. The lowest BCUT2D eigenvalue weighted by molar-refractivity contribution is 0.101. The van der Waals surface area contributed by atoms with E-state index in [4.69, 9.17) is 0 Å². The molecule has 0 aliphatic carbocycles. The van der Waals surface area contributed by atoms with Gasteiger partial charge in [-0.15, -0.1) is 11.3 Å². The molecule has 1 aliphatic heterocycles. The minimum absolute atomic E-state index is 0.145. The Hall–Kier alpha value is -1.59. The van der Waals surface area contributed by atoms with Crippen LogP contribution in [0.25, 0.3) is 0 Å². The van der Waals surface area contributed by atoms with E-state index in [-0.39, 0.29) is 5.78 Å². The van der Waals surface area contributed by atoms with Gasteiger partial charge >= 0.3 is 0 Å². The molecule has 0 saturated heterocycles. The molecule has 22 heavy (non-hydrogen) atoms. The highest BCUT2D eigenvalue weighted by molar-refractivity contribution is 8.14. The van der Waals surface area contributed by atoms with Crippen molar-refractivity contribution in [2.45, 2.75) is 13.3 Å². The molecule has 0 unspecified atom stereocenters. The van der Waals surface area contributed by atoms with Crippen molar-refractivity contribution in [1.29, 1.82) is 0 Å². The number of amidine groups is 1. The Bertz CT molecular complexity index is 680. The smallest absolute Gasteiger partial charge is 0.192 e. The lowest BCUT2D eigenvalue weighted by atomic mass is 10.1. The van der Waals surface area contributed by atoms with Gasteiger partial charge in [0.25, 0.3) is 0 Å². The number of rotatable bonds is 4. The summed E-state index contributed by atoms with van der Waals surface area (Å²) in [5, 5.41) is 2.91. The predicted molar refractivity (Wildman–Crippen MR) is 96.6 cm³/mol. The topological polar surface area (TPSA) is 32.7 Å². The fourth-order valence-corrected chi connectivity index (χ4v) is 4.01. The minimum atomic E-state index is 0.145. The molecule has 0 fully saturated rings. The quantitative estimate of drug-likeness (QED) is 0.786. The molecule has 2 aromatic rings. The van der Waals surface area contributed by atoms with Crippen molar-refractivity contribution in [3.8, 4) is 0 Å².